The monoisotopic (exact) mass is 215 g/mol. The largest absolute Gasteiger partial charge is 0.311 e. The van der Waals surface area contributed by atoms with Crippen molar-refractivity contribution in [2.45, 2.75) is 12.5 Å². The van der Waals surface area contributed by atoms with Gasteiger partial charge in [0, 0.05) is 13.2 Å². The number of rotatable bonds is 4. The molecular formula is C13H17N3. The molecule has 0 saturated heterocycles. The van der Waals surface area contributed by atoms with E-state index in [1.165, 1.54) is 5.56 Å². The maximum atomic E-state index is 4.43. The Bertz CT molecular complexity index is 433. The average Bonchev–Trinajstić information content (AvgIpc) is 2.74. The second-order valence-corrected chi connectivity index (χ2v) is 3.95. The van der Waals surface area contributed by atoms with Gasteiger partial charge in [-0.15, -0.1) is 0 Å². The molecule has 0 aliphatic carbocycles. The molecule has 0 spiro atoms. The average molecular weight is 215 g/mol. The fourth-order valence-corrected chi connectivity index (χ4v) is 1.82. The van der Waals surface area contributed by atoms with Gasteiger partial charge in [0.2, 0.25) is 0 Å². The van der Waals surface area contributed by atoms with Gasteiger partial charge in [-0.05, 0) is 25.1 Å². The van der Waals surface area contributed by atoms with Crippen molar-refractivity contribution in [2.75, 3.05) is 7.05 Å². The number of hydrogen-bond acceptors (Lipinski definition) is 2. The Labute approximate surface area is 96.1 Å². The zero-order valence-electron chi connectivity index (χ0n) is 9.72. The maximum Gasteiger partial charge on any atom is 0.0797 e. The molecule has 1 aromatic carbocycles. The molecule has 0 amide bonds. The molecule has 0 fully saturated rings. The lowest BCUT2D eigenvalue weighted by Gasteiger charge is -2.13. The first-order valence-corrected chi connectivity index (χ1v) is 5.50. The van der Waals surface area contributed by atoms with Crippen LogP contribution in [0.3, 0.4) is 0 Å². The van der Waals surface area contributed by atoms with E-state index in [4.69, 9.17) is 0 Å². The van der Waals surface area contributed by atoms with Gasteiger partial charge in [0.25, 0.3) is 0 Å². The van der Waals surface area contributed by atoms with Gasteiger partial charge in [0.05, 0.1) is 11.7 Å². The van der Waals surface area contributed by atoms with E-state index in [1.807, 2.05) is 31.0 Å². The predicted molar refractivity (Wildman–Crippen MR) is 65.2 cm³/mol. The summed E-state index contributed by atoms with van der Waals surface area (Å²) >= 11 is 0. The van der Waals surface area contributed by atoms with E-state index in [2.05, 4.69) is 40.7 Å². The smallest absolute Gasteiger partial charge is 0.0797 e. The van der Waals surface area contributed by atoms with Gasteiger partial charge in [-0.3, -0.25) is 4.68 Å². The van der Waals surface area contributed by atoms with Gasteiger partial charge >= 0.3 is 0 Å². The van der Waals surface area contributed by atoms with Crippen LogP contribution >= 0.6 is 0 Å². The number of nitrogens with zero attached hydrogens (tertiary/aromatic N) is 2. The van der Waals surface area contributed by atoms with E-state index in [0.29, 0.717) is 0 Å². The molecule has 0 aliphatic heterocycles. The van der Waals surface area contributed by atoms with Crippen LogP contribution in [0, 0.1) is 0 Å². The normalized spacial score (nSPS) is 12.6. The molecule has 0 bridgehead atoms. The van der Waals surface area contributed by atoms with Gasteiger partial charge in [0.15, 0.2) is 0 Å². The summed E-state index contributed by atoms with van der Waals surface area (Å²) in [4.78, 5) is 0. The summed E-state index contributed by atoms with van der Waals surface area (Å²) in [5.41, 5.74) is 2.42. The van der Waals surface area contributed by atoms with Gasteiger partial charge < -0.3 is 5.32 Å². The third-order valence-corrected chi connectivity index (χ3v) is 2.72. The molecule has 0 radical (unpaired) electrons. The van der Waals surface area contributed by atoms with Crippen molar-refractivity contribution in [3.63, 3.8) is 0 Å². The van der Waals surface area contributed by atoms with Crippen LogP contribution in [0.25, 0.3) is 0 Å². The molecule has 16 heavy (non-hydrogen) atoms. The third kappa shape index (κ3) is 2.49. The van der Waals surface area contributed by atoms with E-state index in [-0.39, 0.29) is 6.04 Å². The second-order valence-electron chi connectivity index (χ2n) is 3.95. The quantitative estimate of drug-likeness (QED) is 0.844. The van der Waals surface area contributed by atoms with Crippen LogP contribution < -0.4 is 5.32 Å². The van der Waals surface area contributed by atoms with E-state index >= 15 is 0 Å². The summed E-state index contributed by atoms with van der Waals surface area (Å²) < 4.78 is 1.84. The van der Waals surface area contributed by atoms with Gasteiger partial charge in [0.1, 0.15) is 0 Å². The lowest BCUT2D eigenvalue weighted by atomic mass is 10.0. The Kier molecular flexibility index (Phi) is 3.37. The number of benzene rings is 1. The molecule has 2 aromatic rings. The third-order valence-electron chi connectivity index (χ3n) is 2.72. The molecule has 1 aromatic heterocycles. The van der Waals surface area contributed by atoms with Crippen molar-refractivity contribution in [1.29, 1.82) is 0 Å². The topological polar surface area (TPSA) is 29.9 Å². The standard InChI is InChI=1S/C13H17N3/c1-14-13(12-8-9-16(2)15-12)10-11-6-4-3-5-7-11/h3-9,13-14H,10H2,1-2H3. The van der Waals surface area contributed by atoms with E-state index < -0.39 is 0 Å². The summed E-state index contributed by atoms with van der Waals surface area (Å²) in [6.45, 7) is 0. The Morgan fingerprint density at radius 2 is 2.00 bits per heavy atom. The van der Waals surface area contributed by atoms with E-state index in [1.54, 1.807) is 0 Å². The van der Waals surface area contributed by atoms with Gasteiger partial charge in [-0.1, -0.05) is 30.3 Å². The number of nitrogens with one attached hydrogen (secondary N) is 1. The van der Waals surface area contributed by atoms with Crippen LogP contribution in [0.4, 0.5) is 0 Å². The van der Waals surface area contributed by atoms with Crippen LogP contribution in [0.5, 0.6) is 0 Å². The second kappa shape index (κ2) is 4.94. The van der Waals surface area contributed by atoms with Crippen LogP contribution in [0.1, 0.15) is 17.3 Å². The molecule has 1 N–H and O–H groups in total. The number of likely N-dealkylation sites (N-methyl/N-ethyl adjacent to an activating group) is 1. The summed E-state index contributed by atoms with van der Waals surface area (Å²) in [6, 6.07) is 12.8. The molecule has 1 unspecified atom stereocenters. The summed E-state index contributed by atoms with van der Waals surface area (Å²) in [6.07, 6.45) is 2.94. The molecule has 84 valence electrons. The Hall–Kier alpha value is -1.61. The fraction of sp³-hybridized carbons (Fsp3) is 0.308. The first kappa shape index (κ1) is 10.9. The van der Waals surface area contributed by atoms with Crippen molar-refractivity contribution in [2.24, 2.45) is 7.05 Å². The molecule has 1 heterocycles. The Balaban J connectivity index is 2.12. The molecule has 3 nitrogen and oxygen atoms in total. The van der Waals surface area contributed by atoms with Crippen molar-refractivity contribution in [3.05, 3.63) is 53.9 Å². The van der Waals surface area contributed by atoms with Crippen molar-refractivity contribution in [3.8, 4) is 0 Å². The van der Waals surface area contributed by atoms with Crippen molar-refractivity contribution < 1.29 is 0 Å². The van der Waals surface area contributed by atoms with Crippen LogP contribution in [0.15, 0.2) is 42.6 Å². The molecule has 2 rings (SSSR count). The van der Waals surface area contributed by atoms with Crippen molar-refractivity contribution >= 4 is 0 Å². The SMILES string of the molecule is CNC(Cc1ccccc1)c1ccn(C)n1. The number of aryl methyl sites for hydroxylation is 1. The first-order chi connectivity index (χ1) is 7.79. The highest BCUT2D eigenvalue weighted by atomic mass is 15.3. The van der Waals surface area contributed by atoms with Crippen LogP contribution in [-0.2, 0) is 13.5 Å². The molecule has 0 aliphatic rings. The van der Waals surface area contributed by atoms with E-state index in [0.717, 1.165) is 12.1 Å². The van der Waals surface area contributed by atoms with Gasteiger partial charge in [-0.25, -0.2) is 0 Å². The van der Waals surface area contributed by atoms with Gasteiger partial charge in [-0.2, -0.15) is 5.10 Å². The minimum absolute atomic E-state index is 0.281. The lowest BCUT2D eigenvalue weighted by Crippen LogP contribution is -2.19. The summed E-state index contributed by atoms with van der Waals surface area (Å²) in [5, 5.41) is 7.74. The highest BCUT2D eigenvalue weighted by Gasteiger charge is 2.12. The zero-order valence-corrected chi connectivity index (χ0v) is 9.72. The van der Waals surface area contributed by atoms with Crippen LogP contribution in [-0.4, -0.2) is 16.8 Å². The highest BCUT2D eigenvalue weighted by molar-refractivity contribution is 5.18. The van der Waals surface area contributed by atoms with E-state index in [9.17, 15) is 0 Å². The number of hydrogen-bond donors (Lipinski definition) is 1. The Morgan fingerprint density at radius 3 is 2.56 bits per heavy atom. The molecular weight excluding hydrogens is 198 g/mol. The summed E-state index contributed by atoms with van der Waals surface area (Å²) in [7, 11) is 3.92. The zero-order chi connectivity index (χ0) is 11.4. The maximum absolute atomic E-state index is 4.43. The fourth-order valence-electron chi connectivity index (χ4n) is 1.82. The Morgan fingerprint density at radius 1 is 1.25 bits per heavy atom. The van der Waals surface area contributed by atoms with Crippen LogP contribution in [0.2, 0.25) is 0 Å². The molecule has 0 saturated carbocycles. The minimum atomic E-state index is 0.281. The minimum Gasteiger partial charge on any atom is -0.311 e. The first-order valence-electron chi connectivity index (χ1n) is 5.50. The molecule has 3 heteroatoms. The van der Waals surface area contributed by atoms with Crippen molar-refractivity contribution in [1.82, 2.24) is 15.1 Å². The number of aromatic nitrogens is 2. The lowest BCUT2D eigenvalue weighted by molar-refractivity contribution is 0.563. The molecule has 1 atom stereocenters. The predicted octanol–water partition coefficient (Wildman–Crippen LogP) is 1.92. The summed E-state index contributed by atoms with van der Waals surface area (Å²) in [5.74, 6) is 0. The highest BCUT2D eigenvalue weighted by Crippen LogP contribution is 2.15.